The lowest BCUT2D eigenvalue weighted by Gasteiger charge is -2.25. The second kappa shape index (κ2) is 28.1. The number of thioether (sulfide) groups is 2. The Balaban J connectivity index is 0.000000146. The molecule has 0 amide bonds. The van der Waals surface area contributed by atoms with Crippen LogP contribution in [0.4, 0.5) is 0 Å². The highest BCUT2D eigenvalue weighted by molar-refractivity contribution is 7.98. The van der Waals surface area contributed by atoms with Gasteiger partial charge in [-0.15, -0.1) is 23.5 Å². The van der Waals surface area contributed by atoms with Gasteiger partial charge in [0.25, 0.3) is 0 Å². The molecule has 3 aliphatic rings. The number of carbonyl (C=O) groups is 3. The van der Waals surface area contributed by atoms with E-state index in [1.165, 1.54) is 79.6 Å². The number of carboxylic acids is 3. The molecule has 6 aromatic heterocycles. The molecule has 3 fully saturated rings. The Morgan fingerprint density at radius 1 is 0.464 bits per heavy atom. The first-order valence-corrected chi connectivity index (χ1v) is 33.4. The number of sulfone groups is 1. The largest absolute Gasteiger partial charge is 0.477 e. The standard InChI is InChI=1S/C20H21N3O4S.2C20H21N3O2S.CHCl3/c1-28(26,27)15-9-7-13(8-10-15)16-11-21-19-17(20(24)25)12-22-23(19)18(16)14-5-3-2-4-6-14;2*1-26-15-9-7-13(8-10-15)16-11-21-19-17(20(24)25)12-22-23(19)18(16)14-5-3-2-4-6-14;2-1(3)4/h7-12,14H,2-6H2,1H3,(H,24,25);2*7-12,14H,2-6H2,1H3,(H,24,25);1H. The van der Waals surface area contributed by atoms with E-state index in [1.54, 1.807) is 67.5 Å². The van der Waals surface area contributed by atoms with Gasteiger partial charge in [0, 0.05) is 69.1 Å². The van der Waals surface area contributed by atoms with E-state index in [-0.39, 0.29) is 27.5 Å². The van der Waals surface area contributed by atoms with Gasteiger partial charge in [0.2, 0.25) is 0 Å². The maximum absolute atomic E-state index is 11.8. The molecule has 440 valence electrons. The van der Waals surface area contributed by atoms with Gasteiger partial charge in [-0.25, -0.2) is 51.3 Å². The number of aromatic carboxylic acids is 3. The molecule has 17 nitrogen and oxygen atoms in total. The second-order valence-corrected chi connectivity index (χ2v) is 26.7. The molecule has 0 unspecified atom stereocenters. The van der Waals surface area contributed by atoms with E-state index in [9.17, 15) is 38.1 Å². The quantitative estimate of drug-likeness (QED) is 0.0761. The van der Waals surface area contributed by atoms with E-state index in [4.69, 9.17) is 34.8 Å². The minimum atomic E-state index is -3.27. The zero-order chi connectivity index (χ0) is 59.7. The van der Waals surface area contributed by atoms with E-state index in [2.05, 4.69) is 91.3 Å². The summed E-state index contributed by atoms with van der Waals surface area (Å²) in [6.07, 6.45) is 32.0. The maximum Gasteiger partial charge on any atom is 0.341 e. The maximum atomic E-state index is 11.8. The molecule has 23 heteroatoms. The van der Waals surface area contributed by atoms with Crippen molar-refractivity contribution in [3.63, 3.8) is 0 Å². The second-order valence-electron chi connectivity index (χ2n) is 21.0. The monoisotopic (exact) mass is 1250 g/mol. The van der Waals surface area contributed by atoms with Crippen molar-refractivity contribution in [3.8, 4) is 33.4 Å². The lowest BCUT2D eigenvalue weighted by atomic mass is 9.84. The van der Waals surface area contributed by atoms with Crippen LogP contribution in [0.5, 0.6) is 0 Å². The van der Waals surface area contributed by atoms with Crippen LogP contribution in [-0.4, -0.2) is 109 Å². The fraction of sp³-hybridized carbons (Fsp3) is 0.361. The molecule has 0 bridgehead atoms. The summed E-state index contributed by atoms with van der Waals surface area (Å²) in [5, 5.41) is 41.4. The van der Waals surface area contributed by atoms with E-state index in [0.29, 0.717) is 28.8 Å². The van der Waals surface area contributed by atoms with Crippen molar-refractivity contribution in [2.45, 2.75) is 133 Å². The van der Waals surface area contributed by atoms with Crippen molar-refractivity contribution in [1.82, 2.24) is 43.8 Å². The van der Waals surface area contributed by atoms with Crippen molar-refractivity contribution < 1.29 is 38.1 Å². The highest BCUT2D eigenvalue weighted by atomic mass is 35.6. The first-order chi connectivity index (χ1) is 40.5. The zero-order valence-electron chi connectivity index (χ0n) is 46.6. The smallest absolute Gasteiger partial charge is 0.341 e. The lowest BCUT2D eigenvalue weighted by Crippen LogP contribution is -2.13. The number of alkyl halides is 3. The summed E-state index contributed by atoms with van der Waals surface area (Å²) in [6, 6.07) is 23.6. The van der Waals surface area contributed by atoms with Crippen LogP contribution in [0.15, 0.2) is 125 Å². The molecule has 0 spiro atoms. The zero-order valence-corrected chi connectivity index (χ0v) is 51.3. The van der Waals surface area contributed by atoms with E-state index in [0.717, 1.165) is 102 Å². The number of carboxylic acid groups (broad SMARTS) is 3. The Morgan fingerprint density at radius 3 is 0.964 bits per heavy atom. The van der Waals surface area contributed by atoms with Crippen molar-refractivity contribution >= 4 is 103 Å². The summed E-state index contributed by atoms with van der Waals surface area (Å²) in [5.41, 5.74) is 10.8. The molecule has 0 atom stereocenters. The van der Waals surface area contributed by atoms with Gasteiger partial charge >= 0.3 is 17.9 Å². The highest BCUT2D eigenvalue weighted by Crippen LogP contribution is 2.42. The van der Waals surface area contributed by atoms with Crippen LogP contribution in [0.2, 0.25) is 0 Å². The Hall–Kier alpha value is -6.55. The van der Waals surface area contributed by atoms with Crippen LogP contribution < -0.4 is 0 Å². The SMILES string of the molecule is CS(=O)(=O)c1ccc(-c2cnc3c(C(=O)O)cnn3c2C2CCCCC2)cc1.CSc1ccc(-c2cnc3c(C(=O)O)cnn3c2C2CCCCC2)cc1.CSc1ccc(-c2cnc3c(C(=O)O)cnn3c2C2CCCCC2)cc1.ClC(Cl)Cl. The molecule has 84 heavy (non-hydrogen) atoms. The summed E-state index contributed by atoms with van der Waals surface area (Å²) in [7, 11) is -3.27. The number of nitrogens with zero attached hydrogens (tertiary/aromatic N) is 9. The normalized spacial score (nSPS) is 15.2. The third kappa shape index (κ3) is 14.2. The van der Waals surface area contributed by atoms with Gasteiger partial charge in [0.15, 0.2) is 31.1 Å². The molecule has 3 saturated carbocycles. The fourth-order valence-electron chi connectivity index (χ4n) is 11.7. The molecule has 0 radical (unpaired) electrons. The van der Waals surface area contributed by atoms with Gasteiger partial charge in [-0.05, 0) is 104 Å². The van der Waals surface area contributed by atoms with E-state index < -0.39 is 32.0 Å². The Morgan fingerprint density at radius 2 is 0.726 bits per heavy atom. The third-order valence-electron chi connectivity index (χ3n) is 15.8. The summed E-state index contributed by atoms with van der Waals surface area (Å²) >= 11 is 17.8. The van der Waals surface area contributed by atoms with Crippen molar-refractivity contribution in [2.75, 3.05) is 18.8 Å². The number of hydrogen-bond acceptors (Lipinski definition) is 13. The van der Waals surface area contributed by atoms with Gasteiger partial charge in [0.05, 0.1) is 40.6 Å². The molecule has 0 saturated heterocycles. The Labute approximate surface area is 510 Å². The molecule has 12 rings (SSSR count). The van der Waals surface area contributed by atoms with Gasteiger partial charge in [-0.1, -0.05) is 129 Å². The molecule has 6 heterocycles. The molecule has 0 aliphatic heterocycles. The van der Waals surface area contributed by atoms with Crippen LogP contribution in [0.1, 0.15) is 162 Å². The number of aromatic nitrogens is 9. The molecule has 3 aliphatic carbocycles. The van der Waals surface area contributed by atoms with Gasteiger partial charge in [0.1, 0.15) is 16.7 Å². The molecule has 9 aromatic rings. The van der Waals surface area contributed by atoms with Gasteiger partial charge < -0.3 is 15.3 Å². The number of hydrogen-bond donors (Lipinski definition) is 3. The van der Waals surface area contributed by atoms with Crippen LogP contribution in [-0.2, 0) is 9.84 Å². The number of benzene rings is 3. The summed E-state index contributed by atoms with van der Waals surface area (Å²) in [5.74, 6) is -2.01. The fourth-order valence-corrected chi connectivity index (χ4v) is 13.1. The first-order valence-electron chi connectivity index (χ1n) is 27.8. The Kier molecular flexibility index (Phi) is 20.7. The summed E-state index contributed by atoms with van der Waals surface area (Å²) < 4.78 is 27.9. The molecular formula is C61H64Cl3N9O8S3. The van der Waals surface area contributed by atoms with Crippen LogP contribution in [0.25, 0.3) is 50.3 Å². The van der Waals surface area contributed by atoms with E-state index in [1.807, 2.05) is 12.4 Å². The van der Waals surface area contributed by atoms with Crippen molar-refractivity contribution in [1.29, 1.82) is 0 Å². The van der Waals surface area contributed by atoms with E-state index >= 15 is 0 Å². The molecule has 3 aromatic carbocycles. The number of halogens is 3. The van der Waals surface area contributed by atoms with Gasteiger partial charge in [-0.2, -0.15) is 15.3 Å². The Bertz CT molecular complexity index is 3740. The van der Waals surface area contributed by atoms with Gasteiger partial charge in [-0.3, -0.25) is 0 Å². The topological polar surface area (TPSA) is 237 Å². The van der Waals surface area contributed by atoms with Crippen LogP contribution >= 0.6 is 58.3 Å². The molecule has 3 N–H and O–H groups in total. The predicted molar refractivity (Wildman–Crippen MR) is 332 cm³/mol. The minimum absolute atomic E-state index is 0.0797. The summed E-state index contributed by atoms with van der Waals surface area (Å²) in [6.45, 7) is 0. The number of fused-ring (bicyclic) bond motifs is 3. The molecular weight excluding hydrogens is 1190 g/mol. The minimum Gasteiger partial charge on any atom is -0.477 e. The van der Waals surface area contributed by atoms with Crippen molar-refractivity contribution in [2.24, 2.45) is 0 Å². The van der Waals surface area contributed by atoms with Crippen LogP contribution in [0.3, 0.4) is 0 Å². The average Bonchev–Trinajstić information content (AvgIpc) is 2.98. The van der Waals surface area contributed by atoms with Crippen molar-refractivity contribution in [3.05, 3.63) is 144 Å². The predicted octanol–water partition coefficient (Wildman–Crippen LogP) is 15.3. The highest BCUT2D eigenvalue weighted by Gasteiger charge is 2.29. The lowest BCUT2D eigenvalue weighted by molar-refractivity contribution is 0.0687. The third-order valence-corrected chi connectivity index (χ3v) is 18.4. The summed E-state index contributed by atoms with van der Waals surface area (Å²) in [4.78, 5) is 50.5. The average molecular weight is 1250 g/mol. The van der Waals surface area contributed by atoms with Crippen LogP contribution in [0, 0.1) is 0 Å². The first kappa shape index (κ1) is 62.0. The number of rotatable bonds is 12.